The summed E-state index contributed by atoms with van der Waals surface area (Å²) in [5.74, 6) is 0.367. The Morgan fingerprint density at radius 2 is 1.94 bits per heavy atom. The first-order valence-corrected chi connectivity index (χ1v) is 5.18. The molecule has 0 aliphatic rings. The van der Waals surface area contributed by atoms with Gasteiger partial charge in [0.05, 0.1) is 6.61 Å². The molecule has 0 spiro atoms. The molecule has 1 aromatic rings. The summed E-state index contributed by atoms with van der Waals surface area (Å²) in [6, 6.07) is 9.01. The van der Waals surface area contributed by atoms with Crippen molar-refractivity contribution in [1.29, 1.82) is 0 Å². The first-order valence-electron chi connectivity index (χ1n) is 5.18. The molecule has 1 aromatic carbocycles. The third-order valence-corrected chi connectivity index (χ3v) is 1.76. The van der Waals surface area contributed by atoms with Crippen molar-refractivity contribution in [2.75, 3.05) is 6.61 Å². The van der Waals surface area contributed by atoms with Crippen LogP contribution in [0.4, 0.5) is 0 Å². The average Bonchev–Trinajstić information content (AvgIpc) is 2.27. The van der Waals surface area contributed by atoms with Gasteiger partial charge in [-0.15, -0.1) is 0 Å². The minimum Gasteiger partial charge on any atom is -0.460 e. The van der Waals surface area contributed by atoms with Crippen molar-refractivity contribution >= 4 is 5.97 Å². The fraction of sp³-hybridized carbons (Fsp3) is 0.308. The first kappa shape index (κ1) is 12.3. The maximum absolute atomic E-state index is 11.4. The van der Waals surface area contributed by atoms with Crippen molar-refractivity contribution in [3.05, 3.63) is 42.7 Å². The highest BCUT2D eigenvalue weighted by atomic mass is 16.6. The van der Waals surface area contributed by atoms with Crippen molar-refractivity contribution in [3.8, 4) is 5.75 Å². The second-order valence-corrected chi connectivity index (χ2v) is 3.83. The predicted octanol–water partition coefficient (Wildman–Crippen LogP) is 2.78. The van der Waals surface area contributed by atoms with Crippen molar-refractivity contribution in [2.24, 2.45) is 5.92 Å². The lowest BCUT2D eigenvalue weighted by Gasteiger charge is -2.09. The molecule has 3 nitrogen and oxygen atoms in total. The smallest absolute Gasteiger partial charge is 0.373 e. The standard InChI is InChI=1S/C13H16O3/c1-10(2)9-15-13(14)11(3)16-12-7-5-4-6-8-12/h4-8,10H,3,9H2,1-2H3. The highest BCUT2D eigenvalue weighted by molar-refractivity contribution is 5.86. The molecule has 0 bridgehead atoms. The molecular weight excluding hydrogens is 204 g/mol. The van der Waals surface area contributed by atoms with E-state index in [1.807, 2.05) is 32.0 Å². The zero-order chi connectivity index (χ0) is 12.0. The van der Waals surface area contributed by atoms with Crippen molar-refractivity contribution in [1.82, 2.24) is 0 Å². The van der Waals surface area contributed by atoms with Gasteiger partial charge in [-0.2, -0.15) is 0 Å². The van der Waals surface area contributed by atoms with Gasteiger partial charge in [0.15, 0.2) is 0 Å². The quantitative estimate of drug-likeness (QED) is 0.435. The third-order valence-electron chi connectivity index (χ3n) is 1.76. The number of carbonyl (C=O) groups is 1. The summed E-state index contributed by atoms with van der Waals surface area (Å²) in [6.45, 7) is 7.83. The van der Waals surface area contributed by atoms with E-state index in [2.05, 4.69) is 6.58 Å². The molecule has 16 heavy (non-hydrogen) atoms. The van der Waals surface area contributed by atoms with Crippen LogP contribution in [0.2, 0.25) is 0 Å². The van der Waals surface area contributed by atoms with E-state index in [0.717, 1.165) is 0 Å². The summed E-state index contributed by atoms with van der Waals surface area (Å²) in [5.41, 5.74) is 0. The van der Waals surface area contributed by atoms with Crippen LogP contribution in [-0.4, -0.2) is 12.6 Å². The summed E-state index contributed by atoms with van der Waals surface area (Å²) < 4.78 is 10.2. The van der Waals surface area contributed by atoms with Gasteiger partial charge in [-0.25, -0.2) is 4.79 Å². The second-order valence-electron chi connectivity index (χ2n) is 3.83. The summed E-state index contributed by atoms with van der Waals surface area (Å²) >= 11 is 0. The minimum absolute atomic E-state index is 0.00634. The van der Waals surface area contributed by atoms with Crippen LogP contribution in [0.15, 0.2) is 42.7 Å². The Morgan fingerprint density at radius 3 is 2.50 bits per heavy atom. The lowest BCUT2D eigenvalue weighted by molar-refractivity contribution is -0.142. The van der Waals surface area contributed by atoms with Crippen molar-refractivity contribution in [2.45, 2.75) is 13.8 Å². The molecular formula is C13H16O3. The van der Waals surface area contributed by atoms with Crippen LogP contribution >= 0.6 is 0 Å². The molecule has 0 aliphatic carbocycles. The number of hydrogen-bond donors (Lipinski definition) is 0. The summed E-state index contributed by atoms with van der Waals surface area (Å²) in [6.07, 6.45) is 0. The molecule has 0 heterocycles. The monoisotopic (exact) mass is 220 g/mol. The summed E-state index contributed by atoms with van der Waals surface area (Å²) in [7, 11) is 0. The molecule has 86 valence electrons. The van der Waals surface area contributed by atoms with Gasteiger partial charge in [-0.3, -0.25) is 0 Å². The largest absolute Gasteiger partial charge is 0.460 e. The van der Waals surface area contributed by atoms with Crippen molar-refractivity contribution in [3.63, 3.8) is 0 Å². The Labute approximate surface area is 95.7 Å². The SMILES string of the molecule is C=C(Oc1ccccc1)C(=O)OCC(C)C. The Bertz CT molecular complexity index is 355. The number of rotatable bonds is 5. The fourth-order valence-corrected chi connectivity index (χ4v) is 0.995. The van der Waals surface area contributed by atoms with Crippen LogP contribution in [0.25, 0.3) is 0 Å². The number of ether oxygens (including phenoxy) is 2. The normalized spacial score (nSPS) is 9.94. The van der Waals surface area contributed by atoms with Gasteiger partial charge in [-0.05, 0) is 24.6 Å². The molecule has 0 saturated carbocycles. The lowest BCUT2D eigenvalue weighted by Crippen LogP contribution is -2.14. The first-order chi connectivity index (χ1) is 7.59. The summed E-state index contributed by atoms with van der Waals surface area (Å²) in [4.78, 5) is 11.4. The maximum Gasteiger partial charge on any atom is 0.373 e. The minimum atomic E-state index is -0.516. The Morgan fingerprint density at radius 1 is 1.31 bits per heavy atom. The Hall–Kier alpha value is -1.77. The van der Waals surface area contributed by atoms with Gasteiger partial charge in [0.2, 0.25) is 5.76 Å². The molecule has 3 heteroatoms. The van der Waals surface area contributed by atoms with Crippen LogP contribution in [-0.2, 0) is 9.53 Å². The van der Waals surface area contributed by atoms with Crippen LogP contribution in [0.3, 0.4) is 0 Å². The van der Waals surface area contributed by atoms with Gasteiger partial charge in [0.1, 0.15) is 5.75 Å². The van der Waals surface area contributed by atoms with E-state index in [-0.39, 0.29) is 5.76 Å². The third kappa shape index (κ3) is 4.17. The van der Waals surface area contributed by atoms with E-state index in [1.165, 1.54) is 0 Å². The second kappa shape index (κ2) is 5.95. The highest BCUT2D eigenvalue weighted by Crippen LogP contribution is 2.12. The molecule has 0 aromatic heterocycles. The molecule has 0 aliphatic heterocycles. The molecule has 0 N–H and O–H groups in total. The van der Waals surface area contributed by atoms with Gasteiger partial charge in [0, 0.05) is 0 Å². The molecule has 0 amide bonds. The van der Waals surface area contributed by atoms with Gasteiger partial charge >= 0.3 is 5.97 Å². The van der Waals surface area contributed by atoms with Crippen LogP contribution in [0.5, 0.6) is 5.75 Å². The van der Waals surface area contributed by atoms with Crippen molar-refractivity contribution < 1.29 is 14.3 Å². The van der Waals surface area contributed by atoms with Crippen LogP contribution in [0.1, 0.15) is 13.8 Å². The van der Waals surface area contributed by atoms with E-state index >= 15 is 0 Å². The number of carbonyl (C=O) groups excluding carboxylic acids is 1. The van der Waals surface area contributed by atoms with E-state index in [0.29, 0.717) is 18.3 Å². The molecule has 0 fully saturated rings. The van der Waals surface area contributed by atoms with Gasteiger partial charge in [-0.1, -0.05) is 32.0 Å². The van der Waals surface area contributed by atoms with E-state index < -0.39 is 5.97 Å². The zero-order valence-corrected chi connectivity index (χ0v) is 9.60. The molecule has 0 saturated heterocycles. The topological polar surface area (TPSA) is 35.5 Å². The lowest BCUT2D eigenvalue weighted by atomic mass is 10.2. The van der Waals surface area contributed by atoms with Gasteiger partial charge in [0.25, 0.3) is 0 Å². The Kier molecular flexibility index (Phi) is 4.58. The number of para-hydroxylation sites is 1. The number of hydrogen-bond acceptors (Lipinski definition) is 3. The zero-order valence-electron chi connectivity index (χ0n) is 9.60. The number of benzene rings is 1. The average molecular weight is 220 g/mol. The molecule has 0 unspecified atom stereocenters. The molecule has 1 rings (SSSR count). The van der Waals surface area contributed by atoms with E-state index in [4.69, 9.17) is 9.47 Å². The Balaban J connectivity index is 2.44. The van der Waals surface area contributed by atoms with Crippen LogP contribution in [0, 0.1) is 5.92 Å². The van der Waals surface area contributed by atoms with E-state index in [9.17, 15) is 4.79 Å². The molecule has 0 atom stereocenters. The summed E-state index contributed by atoms with van der Waals surface area (Å²) in [5, 5.41) is 0. The highest BCUT2D eigenvalue weighted by Gasteiger charge is 2.11. The predicted molar refractivity (Wildman–Crippen MR) is 62.0 cm³/mol. The van der Waals surface area contributed by atoms with Gasteiger partial charge < -0.3 is 9.47 Å². The van der Waals surface area contributed by atoms with Crippen LogP contribution < -0.4 is 4.74 Å². The maximum atomic E-state index is 11.4. The fourth-order valence-electron chi connectivity index (χ4n) is 0.995. The molecule has 0 radical (unpaired) electrons. The van der Waals surface area contributed by atoms with E-state index in [1.54, 1.807) is 12.1 Å². The number of esters is 1.